The normalized spacial score (nSPS) is 16.5. The number of ether oxygens (including phenoxy) is 1. The van der Waals surface area contributed by atoms with Gasteiger partial charge in [0.15, 0.2) is 0 Å². The molecule has 1 atom stereocenters. The SMILES string of the molecule is COc1cnccc1C(O)c1ccccc1C1CCC1. The van der Waals surface area contributed by atoms with Crippen LogP contribution in [0.25, 0.3) is 0 Å². The second-order valence-corrected chi connectivity index (χ2v) is 5.28. The first-order valence-electron chi connectivity index (χ1n) is 7.06. The zero-order valence-electron chi connectivity index (χ0n) is 11.6. The van der Waals surface area contributed by atoms with Gasteiger partial charge in [-0.25, -0.2) is 0 Å². The highest BCUT2D eigenvalue weighted by molar-refractivity contribution is 5.42. The summed E-state index contributed by atoms with van der Waals surface area (Å²) in [5, 5.41) is 10.7. The predicted octanol–water partition coefficient (Wildman–Crippen LogP) is 3.44. The molecule has 0 spiro atoms. The number of nitrogens with zero attached hydrogens (tertiary/aromatic N) is 1. The van der Waals surface area contributed by atoms with Crippen molar-refractivity contribution in [2.24, 2.45) is 0 Å². The Morgan fingerprint density at radius 3 is 2.70 bits per heavy atom. The molecule has 0 aliphatic heterocycles. The summed E-state index contributed by atoms with van der Waals surface area (Å²) in [6, 6.07) is 10.00. The first-order valence-corrected chi connectivity index (χ1v) is 7.06. The molecule has 1 saturated carbocycles. The van der Waals surface area contributed by atoms with Gasteiger partial charge in [0.25, 0.3) is 0 Å². The van der Waals surface area contributed by atoms with Crippen LogP contribution in [-0.4, -0.2) is 17.2 Å². The smallest absolute Gasteiger partial charge is 0.143 e. The molecule has 0 radical (unpaired) electrons. The van der Waals surface area contributed by atoms with E-state index < -0.39 is 6.10 Å². The van der Waals surface area contributed by atoms with Gasteiger partial charge in [-0.1, -0.05) is 30.7 Å². The summed E-state index contributed by atoms with van der Waals surface area (Å²) in [7, 11) is 1.60. The average molecular weight is 269 g/mol. The fourth-order valence-corrected chi connectivity index (χ4v) is 2.81. The molecule has 104 valence electrons. The van der Waals surface area contributed by atoms with Crippen LogP contribution in [0, 0.1) is 0 Å². The molecule has 2 aromatic rings. The van der Waals surface area contributed by atoms with Gasteiger partial charge in [0.05, 0.1) is 13.3 Å². The number of pyridine rings is 1. The number of hydrogen-bond acceptors (Lipinski definition) is 3. The van der Waals surface area contributed by atoms with Crippen LogP contribution in [0.5, 0.6) is 5.75 Å². The molecule has 1 aliphatic rings. The number of methoxy groups -OCH3 is 1. The maximum Gasteiger partial charge on any atom is 0.143 e. The van der Waals surface area contributed by atoms with Crippen molar-refractivity contribution in [1.29, 1.82) is 0 Å². The largest absolute Gasteiger partial charge is 0.495 e. The Hall–Kier alpha value is -1.87. The van der Waals surface area contributed by atoms with E-state index in [-0.39, 0.29) is 0 Å². The van der Waals surface area contributed by atoms with E-state index in [1.54, 1.807) is 19.5 Å². The van der Waals surface area contributed by atoms with Crippen LogP contribution in [0.15, 0.2) is 42.7 Å². The average Bonchev–Trinajstić information content (AvgIpc) is 2.45. The highest BCUT2D eigenvalue weighted by Gasteiger charge is 2.25. The van der Waals surface area contributed by atoms with Crippen LogP contribution in [-0.2, 0) is 0 Å². The van der Waals surface area contributed by atoms with E-state index in [2.05, 4.69) is 11.1 Å². The zero-order valence-corrected chi connectivity index (χ0v) is 11.6. The lowest BCUT2D eigenvalue weighted by atomic mass is 9.77. The quantitative estimate of drug-likeness (QED) is 0.924. The molecule has 1 unspecified atom stereocenters. The Morgan fingerprint density at radius 2 is 2.00 bits per heavy atom. The molecule has 3 rings (SSSR count). The third-order valence-corrected chi connectivity index (χ3v) is 4.17. The minimum absolute atomic E-state index is 0.591. The molecule has 1 aromatic heterocycles. The van der Waals surface area contributed by atoms with Gasteiger partial charge in [0, 0.05) is 11.8 Å². The molecule has 1 aliphatic carbocycles. The van der Waals surface area contributed by atoms with Crippen LogP contribution in [0.3, 0.4) is 0 Å². The molecule has 1 heterocycles. The lowest BCUT2D eigenvalue weighted by Crippen LogP contribution is -2.14. The third kappa shape index (κ3) is 2.29. The molecule has 0 amide bonds. The monoisotopic (exact) mass is 269 g/mol. The van der Waals surface area contributed by atoms with Crippen LogP contribution in [0.1, 0.15) is 48.0 Å². The summed E-state index contributed by atoms with van der Waals surface area (Å²) in [5.74, 6) is 1.22. The van der Waals surface area contributed by atoms with Crippen molar-refractivity contribution in [1.82, 2.24) is 4.98 Å². The Balaban J connectivity index is 1.99. The third-order valence-electron chi connectivity index (χ3n) is 4.17. The molecule has 0 saturated heterocycles. The van der Waals surface area contributed by atoms with Gasteiger partial charge in [-0.15, -0.1) is 0 Å². The molecule has 3 heteroatoms. The van der Waals surface area contributed by atoms with Gasteiger partial charge in [-0.2, -0.15) is 0 Å². The maximum atomic E-state index is 10.7. The van der Waals surface area contributed by atoms with E-state index in [0.717, 1.165) is 11.1 Å². The highest BCUT2D eigenvalue weighted by Crippen LogP contribution is 2.41. The number of rotatable bonds is 4. The molecule has 3 nitrogen and oxygen atoms in total. The molecule has 1 fully saturated rings. The number of hydrogen-bond donors (Lipinski definition) is 1. The van der Waals surface area contributed by atoms with Crippen molar-refractivity contribution in [2.75, 3.05) is 7.11 Å². The van der Waals surface area contributed by atoms with Crippen molar-refractivity contribution in [3.63, 3.8) is 0 Å². The Kier molecular flexibility index (Phi) is 3.70. The van der Waals surface area contributed by atoms with E-state index in [4.69, 9.17) is 4.74 Å². The van der Waals surface area contributed by atoms with E-state index in [1.807, 2.05) is 24.3 Å². The minimum atomic E-state index is -0.662. The number of aliphatic hydroxyl groups is 1. The minimum Gasteiger partial charge on any atom is -0.495 e. The van der Waals surface area contributed by atoms with Crippen LogP contribution in [0.4, 0.5) is 0 Å². The topological polar surface area (TPSA) is 42.4 Å². The van der Waals surface area contributed by atoms with Gasteiger partial charge >= 0.3 is 0 Å². The van der Waals surface area contributed by atoms with Gasteiger partial charge < -0.3 is 9.84 Å². The Labute approximate surface area is 119 Å². The van der Waals surface area contributed by atoms with Crippen LogP contribution >= 0.6 is 0 Å². The molecule has 20 heavy (non-hydrogen) atoms. The molecule has 0 bridgehead atoms. The molecule has 1 aromatic carbocycles. The number of aromatic nitrogens is 1. The van der Waals surface area contributed by atoms with Crippen molar-refractivity contribution in [2.45, 2.75) is 31.3 Å². The van der Waals surface area contributed by atoms with Crippen molar-refractivity contribution < 1.29 is 9.84 Å². The summed E-state index contributed by atoms with van der Waals surface area (Å²) in [6.07, 6.45) is 6.39. The Morgan fingerprint density at radius 1 is 1.20 bits per heavy atom. The fraction of sp³-hybridized carbons (Fsp3) is 0.353. The predicted molar refractivity (Wildman–Crippen MR) is 77.9 cm³/mol. The molecular formula is C17H19NO2. The zero-order chi connectivity index (χ0) is 13.9. The van der Waals surface area contributed by atoms with Gasteiger partial charge in [-0.05, 0) is 36.0 Å². The first kappa shape index (κ1) is 13.1. The van der Waals surface area contributed by atoms with Gasteiger partial charge in [0.2, 0.25) is 0 Å². The second-order valence-electron chi connectivity index (χ2n) is 5.28. The lowest BCUT2D eigenvalue weighted by molar-refractivity contribution is 0.211. The van der Waals surface area contributed by atoms with E-state index in [0.29, 0.717) is 11.7 Å². The Bertz CT molecular complexity index is 593. The summed E-state index contributed by atoms with van der Waals surface area (Å²) in [6.45, 7) is 0. The standard InChI is InChI=1S/C17H19NO2/c1-20-16-11-18-10-9-15(16)17(19)14-8-3-2-7-13(14)12-5-4-6-12/h2-3,7-12,17,19H,4-6H2,1H3. The maximum absolute atomic E-state index is 10.7. The summed E-state index contributed by atoms with van der Waals surface area (Å²) < 4.78 is 5.31. The van der Waals surface area contributed by atoms with Crippen LogP contribution < -0.4 is 4.74 Å². The summed E-state index contributed by atoms with van der Waals surface area (Å²) in [5.41, 5.74) is 3.03. The van der Waals surface area contributed by atoms with Gasteiger partial charge in [-0.3, -0.25) is 4.98 Å². The molecule has 1 N–H and O–H groups in total. The highest BCUT2D eigenvalue weighted by atomic mass is 16.5. The first-order chi connectivity index (χ1) is 9.81. The fourth-order valence-electron chi connectivity index (χ4n) is 2.81. The van der Waals surface area contributed by atoms with E-state index >= 15 is 0 Å². The van der Waals surface area contributed by atoms with Crippen molar-refractivity contribution in [3.05, 3.63) is 59.4 Å². The van der Waals surface area contributed by atoms with Crippen LogP contribution in [0.2, 0.25) is 0 Å². The number of benzene rings is 1. The lowest BCUT2D eigenvalue weighted by Gasteiger charge is -2.29. The summed E-state index contributed by atoms with van der Waals surface area (Å²) >= 11 is 0. The van der Waals surface area contributed by atoms with E-state index in [1.165, 1.54) is 24.8 Å². The number of aliphatic hydroxyl groups excluding tert-OH is 1. The summed E-state index contributed by atoms with van der Waals surface area (Å²) in [4.78, 5) is 4.04. The second kappa shape index (κ2) is 5.63. The molecular weight excluding hydrogens is 250 g/mol. The van der Waals surface area contributed by atoms with Crippen molar-refractivity contribution in [3.8, 4) is 5.75 Å². The van der Waals surface area contributed by atoms with Gasteiger partial charge in [0.1, 0.15) is 11.9 Å². The van der Waals surface area contributed by atoms with E-state index in [9.17, 15) is 5.11 Å². The van der Waals surface area contributed by atoms with Crippen molar-refractivity contribution >= 4 is 0 Å².